The Morgan fingerprint density at radius 3 is 2.06 bits per heavy atom. The normalized spacial score (nSPS) is 15.1. The van der Waals surface area contributed by atoms with Crippen molar-refractivity contribution in [2.75, 3.05) is 39.5 Å². The Bertz CT molecular complexity index is 690. The largest absolute Gasteiger partial charge is 0.379 e. The van der Waals surface area contributed by atoms with Gasteiger partial charge in [0.15, 0.2) is 0 Å². The molecule has 0 spiro atoms. The molecular weight excluding hydrogens is 420 g/mol. The first-order chi connectivity index (χ1) is 15.2. The zero-order valence-electron chi connectivity index (χ0n) is 19.1. The Balaban J connectivity index is 2.21. The van der Waals surface area contributed by atoms with Crippen LogP contribution in [0.2, 0.25) is 0 Å². The second kappa shape index (κ2) is 14.3. The van der Waals surface area contributed by atoms with Gasteiger partial charge in [-0.3, -0.25) is 28.9 Å². The summed E-state index contributed by atoms with van der Waals surface area (Å²) in [6, 6.07) is -1.48. The minimum absolute atomic E-state index is 0.0603. The lowest BCUT2D eigenvalue weighted by Gasteiger charge is -2.23. The van der Waals surface area contributed by atoms with Gasteiger partial charge in [-0.25, -0.2) is 0 Å². The van der Waals surface area contributed by atoms with E-state index in [1.807, 2.05) is 0 Å². The lowest BCUT2D eigenvalue weighted by Crippen LogP contribution is -2.54. The van der Waals surface area contributed by atoms with Gasteiger partial charge in [0.1, 0.15) is 12.1 Å². The van der Waals surface area contributed by atoms with E-state index in [1.54, 1.807) is 27.7 Å². The lowest BCUT2D eigenvalue weighted by atomic mass is 10.0. The number of hydrogen-bond donors (Lipinski definition) is 3. The van der Waals surface area contributed by atoms with E-state index in [9.17, 15) is 24.0 Å². The Hall–Kier alpha value is -2.79. The maximum absolute atomic E-state index is 12.4. The number of imide groups is 1. The van der Waals surface area contributed by atoms with Crippen molar-refractivity contribution in [3.8, 4) is 0 Å². The quantitative estimate of drug-likeness (QED) is 0.215. The first kappa shape index (κ1) is 27.2. The summed E-state index contributed by atoms with van der Waals surface area (Å²) in [5, 5.41) is 7.91. The zero-order valence-corrected chi connectivity index (χ0v) is 19.1. The van der Waals surface area contributed by atoms with Gasteiger partial charge in [-0.15, -0.1) is 0 Å². The number of ether oxygens (including phenoxy) is 2. The van der Waals surface area contributed by atoms with Crippen molar-refractivity contribution in [1.29, 1.82) is 0 Å². The van der Waals surface area contributed by atoms with Crippen molar-refractivity contribution in [3.63, 3.8) is 0 Å². The minimum Gasteiger partial charge on any atom is -0.379 e. The highest BCUT2D eigenvalue weighted by Crippen LogP contribution is 2.04. The molecule has 0 aromatic rings. The van der Waals surface area contributed by atoms with Crippen molar-refractivity contribution >= 4 is 29.5 Å². The molecule has 0 aliphatic carbocycles. The summed E-state index contributed by atoms with van der Waals surface area (Å²) >= 11 is 0. The van der Waals surface area contributed by atoms with E-state index in [0.29, 0.717) is 6.54 Å². The third-order valence-corrected chi connectivity index (χ3v) is 4.57. The Labute approximate surface area is 188 Å². The molecule has 1 rings (SSSR count). The highest BCUT2D eigenvalue weighted by molar-refractivity contribution is 6.12. The molecule has 11 heteroatoms. The summed E-state index contributed by atoms with van der Waals surface area (Å²) < 4.78 is 10.7. The van der Waals surface area contributed by atoms with Crippen LogP contribution < -0.4 is 16.0 Å². The van der Waals surface area contributed by atoms with E-state index < -0.39 is 18.0 Å². The van der Waals surface area contributed by atoms with Gasteiger partial charge in [-0.2, -0.15) is 0 Å². The fraction of sp³-hybridized carbons (Fsp3) is 0.667. The number of rotatable bonds is 15. The van der Waals surface area contributed by atoms with Crippen LogP contribution in [0.4, 0.5) is 0 Å². The Morgan fingerprint density at radius 2 is 1.50 bits per heavy atom. The summed E-state index contributed by atoms with van der Waals surface area (Å²) in [6.45, 7) is 8.43. The molecule has 1 aliphatic heterocycles. The van der Waals surface area contributed by atoms with Gasteiger partial charge in [0.05, 0.1) is 33.0 Å². The molecule has 0 saturated carbocycles. The SMILES string of the molecule is CCNC(=O)[C@H](C)NC(=O)[C@@H](NC(=O)CCOCCOCCN1C(=O)C=CC1=O)C(C)C. The van der Waals surface area contributed by atoms with Crippen LogP contribution in [0.5, 0.6) is 0 Å². The van der Waals surface area contributed by atoms with E-state index in [2.05, 4.69) is 16.0 Å². The van der Waals surface area contributed by atoms with Crippen LogP contribution in [0.15, 0.2) is 12.2 Å². The second-order valence-electron chi connectivity index (χ2n) is 7.55. The van der Waals surface area contributed by atoms with Crippen molar-refractivity contribution in [2.24, 2.45) is 5.92 Å². The van der Waals surface area contributed by atoms with Crippen LogP contribution >= 0.6 is 0 Å². The molecule has 1 heterocycles. The Kier molecular flexibility index (Phi) is 12.2. The lowest BCUT2D eigenvalue weighted by molar-refractivity contribution is -0.137. The molecule has 11 nitrogen and oxygen atoms in total. The summed E-state index contributed by atoms with van der Waals surface area (Å²) in [5.74, 6) is -1.93. The fourth-order valence-electron chi connectivity index (χ4n) is 2.77. The molecule has 0 fully saturated rings. The number of nitrogens with one attached hydrogen (secondary N) is 3. The molecule has 0 aromatic heterocycles. The minimum atomic E-state index is -0.770. The van der Waals surface area contributed by atoms with Gasteiger partial charge < -0.3 is 25.4 Å². The maximum Gasteiger partial charge on any atom is 0.253 e. The molecule has 2 atom stereocenters. The molecule has 0 radical (unpaired) electrons. The monoisotopic (exact) mass is 454 g/mol. The van der Waals surface area contributed by atoms with E-state index >= 15 is 0 Å². The van der Waals surface area contributed by atoms with Gasteiger partial charge in [0, 0.05) is 25.1 Å². The molecule has 3 N–H and O–H groups in total. The van der Waals surface area contributed by atoms with Gasteiger partial charge >= 0.3 is 0 Å². The summed E-state index contributed by atoms with van der Waals surface area (Å²) in [7, 11) is 0. The van der Waals surface area contributed by atoms with E-state index in [0.717, 1.165) is 4.90 Å². The summed E-state index contributed by atoms with van der Waals surface area (Å²) in [6.07, 6.45) is 2.49. The standard InChI is InChI=1S/C21H34N4O7/c1-5-22-20(29)15(4)23-21(30)19(14(2)3)24-16(26)8-10-31-12-13-32-11-9-25-17(27)6-7-18(25)28/h6-7,14-15,19H,5,8-13H2,1-4H3,(H,22,29)(H,23,30)(H,24,26)/t15-,19-/m0/s1. The van der Waals surface area contributed by atoms with Crippen LogP contribution in [0, 0.1) is 5.92 Å². The van der Waals surface area contributed by atoms with Gasteiger partial charge in [-0.05, 0) is 19.8 Å². The molecule has 0 unspecified atom stereocenters. The maximum atomic E-state index is 12.4. The third kappa shape index (κ3) is 9.56. The molecule has 180 valence electrons. The number of likely N-dealkylation sites (N-methyl/N-ethyl adjacent to an activating group) is 1. The van der Waals surface area contributed by atoms with Crippen LogP contribution in [0.3, 0.4) is 0 Å². The number of carbonyl (C=O) groups excluding carboxylic acids is 5. The van der Waals surface area contributed by atoms with Crippen LogP contribution in [0.25, 0.3) is 0 Å². The van der Waals surface area contributed by atoms with Crippen LogP contribution in [-0.4, -0.2) is 86.0 Å². The van der Waals surface area contributed by atoms with Crippen molar-refractivity contribution in [1.82, 2.24) is 20.9 Å². The molecule has 32 heavy (non-hydrogen) atoms. The average Bonchev–Trinajstić information content (AvgIpc) is 3.05. The fourth-order valence-corrected chi connectivity index (χ4v) is 2.77. The zero-order chi connectivity index (χ0) is 24.1. The van der Waals surface area contributed by atoms with Crippen molar-refractivity contribution in [2.45, 2.75) is 46.2 Å². The van der Waals surface area contributed by atoms with Gasteiger partial charge in [0.25, 0.3) is 11.8 Å². The predicted molar refractivity (Wildman–Crippen MR) is 115 cm³/mol. The van der Waals surface area contributed by atoms with Gasteiger partial charge in [0.2, 0.25) is 17.7 Å². The molecule has 0 aromatic carbocycles. The first-order valence-corrected chi connectivity index (χ1v) is 10.7. The van der Waals surface area contributed by atoms with E-state index in [4.69, 9.17) is 9.47 Å². The van der Waals surface area contributed by atoms with Crippen LogP contribution in [-0.2, 0) is 33.4 Å². The van der Waals surface area contributed by atoms with Crippen LogP contribution in [0.1, 0.15) is 34.1 Å². The third-order valence-electron chi connectivity index (χ3n) is 4.57. The number of nitrogens with zero attached hydrogens (tertiary/aromatic N) is 1. The first-order valence-electron chi connectivity index (χ1n) is 10.7. The smallest absolute Gasteiger partial charge is 0.253 e. The average molecular weight is 455 g/mol. The topological polar surface area (TPSA) is 143 Å². The summed E-state index contributed by atoms with van der Waals surface area (Å²) in [4.78, 5) is 60.2. The van der Waals surface area contributed by atoms with E-state index in [-0.39, 0.29) is 68.9 Å². The molecule has 0 saturated heterocycles. The molecular formula is C21H34N4O7. The van der Waals surface area contributed by atoms with Gasteiger partial charge in [-0.1, -0.05) is 13.8 Å². The number of amides is 5. The Morgan fingerprint density at radius 1 is 0.906 bits per heavy atom. The summed E-state index contributed by atoms with van der Waals surface area (Å²) in [5.41, 5.74) is 0. The number of carbonyl (C=O) groups is 5. The highest BCUT2D eigenvalue weighted by Gasteiger charge is 2.26. The van der Waals surface area contributed by atoms with Crippen molar-refractivity contribution in [3.05, 3.63) is 12.2 Å². The van der Waals surface area contributed by atoms with Crippen molar-refractivity contribution < 1.29 is 33.4 Å². The predicted octanol–water partition coefficient (Wildman–Crippen LogP) is -0.884. The number of hydrogen-bond acceptors (Lipinski definition) is 7. The molecule has 0 bridgehead atoms. The highest BCUT2D eigenvalue weighted by atomic mass is 16.5. The second-order valence-corrected chi connectivity index (χ2v) is 7.55. The van der Waals surface area contributed by atoms with E-state index in [1.165, 1.54) is 12.2 Å². The molecule has 1 aliphatic rings. The molecule has 5 amide bonds.